The van der Waals surface area contributed by atoms with Crippen LogP contribution in [-0.4, -0.2) is 82.3 Å². The summed E-state index contributed by atoms with van der Waals surface area (Å²) in [6.45, 7) is 3.16. The summed E-state index contributed by atoms with van der Waals surface area (Å²) in [6, 6.07) is -0.604. The van der Waals surface area contributed by atoms with Crippen molar-refractivity contribution in [3.63, 3.8) is 0 Å². The molecule has 2 N–H and O–H groups in total. The van der Waals surface area contributed by atoms with Crippen LogP contribution < -0.4 is 15.8 Å². The number of aromatic nitrogens is 4. The fraction of sp³-hybridized carbons (Fsp3) is 0.609. The lowest BCUT2D eigenvalue weighted by molar-refractivity contribution is -0.175. The van der Waals surface area contributed by atoms with Crippen molar-refractivity contribution >= 4 is 17.5 Å². The Kier molecular flexibility index (Phi) is 8.04. The van der Waals surface area contributed by atoms with Crippen LogP contribution in [-0.2, 0) is 21.4 Å². The second-order valence-corrected chi connectivity index (χ2v) is 9.67. The zero-order chi connectivity index (χ0) is 28.4. The number of carbonyl (C=O) groups excluding carboxylic acids is 1. The van der Waals surface area contributed by atoms with Gasteiger partial charge in [-0.2, -0.15) is 18.3 Å². The number of halogens is 6. The number of nitrogens with zero attached hydrogens (tertiary/aromatic N) is 5. The van der Waals surface area contributed by atoms with Gasteiger partial charge >= 0.3 is 6.18 Å². The molecule has 2 aromatic rings. The van der Waals surface area contributed by atoms with Gasteiger partial charge in [0.1, 0.15) is 11.2 Å². The number of rotatable bonds is 9. The van der Waals surface area contributed by atoms with Gasteiger partial charge in [-0.05, 0) is 6.92 Å². The maximum atomic E-state index is 14.5. The number of hydrogen-bond donors (Lipinski definition) is 2. The Morgan fingerprint density at radius 3 is 2.36 bits per heavy atom. The van der Waals surface area contributed by atoms with E-state index in [-0.39, 0.29) is 31.1 Å². The molecule has 214 valence electrons. The first-order valence-corrected chi connectivity index (χ1v) is 12.2. The molecule has 1 saturated heterocycles. The maximum absolute atomic E-state index is 14.5. The summed E-state index contributed by atoms with van der Waals surface area (Å²) >= 11 is 0. The van der Waals surface area contributed by atoms with Crippen LogP contribution in [0.3, 0.4) is 0 Å². The van der Waals surface area contributed by atoms with E-state index in [1.807, 2.05) is 0 Å². The minimum atomic E-state index is -4.86. The molecule has 16 heteroatoms. The highest BCUT2D eigenvalue weighted by Crippen LogP contribution is 2.54. The van der Waals surface area contributed by atoms with Crippen LogP contribution in [0.5, 0.6) is 0 Å². The molecule has 1 amide bonds. The van der Waals surface area contributed by atoms with Gasteiger partial charge in [0.2, 0.25) is 11.9 Å². The molecule has 1 unspecified atom stereocenters. The monoisotopic (exact) mass is 563 g/mol. The van der Waals surface area contributed by atoms with E-state index in [4.69, 9.17) is 4.74 Å². The molecule has 10 nitrogen and oxygen atoms in total. The molecule has 0 radical (unpaired) electrons. The molecule has 1 saturated carbocycles. The summed E-state index contributed by atoms with van der Waals surface area (Å²) in [4.78, 5) is 35.7. The van der Waals surface area contributed by atoms with Crippen LogP contribution in [0.1, 0.15) is 37.3 Å². The largest absolute Gasteiger partial charge is 0.423 e. The Hall–Kier alpha value is -3.43. The summed E-state index contributed by atoms with van der Waals surface area (Å²) < 4.78 is 85.5. The lowest BCUT2D eigenvalue weighted by atomic mass is 9.74. The van der Waals surface area contributed by atoms with Gasteiger partial charge in [0.15, 0.2) is 0 Å². The third-order valence-electron chi connectivity index (χ3n) is 6.52. The van der Waals surface area contributed by atoms with Gasteiger partial charge in [-0.15, -0.1) is 0 Å². The molecule has 0 bridgehead atoms. The van der Waals surface area contributed by atoms with Gasteiger partial charge in [-0.25, -0.2) is 28.2 Å². The number of H-pyrrole nitrogens is 1. The van der Waals surface area contributed by atoms with Crippen molar-refractivity contribution in [3.8, 4) is 0 Å². The summed E-state index contributed by atoms with van der Waals surface area (Å²) in [6.07, 6.45) is -3.26. The number of carbonyl (C=O) groups is 1. The van der Waals surface area contributed by atoms with Crippen LogP contribution in [0.15, 0.2) is 23.4 Å². The third kappa shape index (κ3) is 6.78. The molecule has 1 aliphatic heterocycles. The highest BCUT2D eigenvalue weighted by molar-refractivity contribution is 5.76. The molecule has 2 aliphatic rings. The van der Waals surface area contributed by atoms with Gasteiger partial charge in [-0.3, -0.25) is 9.59 Å². The van der Waals surface area contributed by atoms with Gasteiger partial charge in [0, 0.05) is 50.2 Å². The molecular weight excluding hydrogens is 536 g/mol. The predicted molar refractivity (Wildman–Crippen MR) is 126 cm³/mol. The summed E-state index contributed by atoms with van der Waals surface area (Å²) in [5.41, 5.74) is -5.31. The lowest BCUT2D eigenvalue weighted by Gasteiger charge is -2.41. The number of piperazine rings is 1. The number of nitrogens with one attached hydrogen (secondary N) is 2. The predicted octanol–water partition coefficient (Wildman–Crippen LogP) is 2.73. The van der Waals surface area contributed by atoms with E-state index < -0.39 is 53.5 Å². The number of hydrogen-bond acceptors (Lipinski definition) is 8. The second-order valence-electron chi connectivity index (χ2n) is 9.67. The number of amides is 1. The van der Waals surface area contributed by atoms with E-state index in [1.54, 1.807) is 21.8 Å². The van der Waals surface area contributed by atoms with E-state index in [1.165, 1.54) is 12.4 Å². The zero-order valence-corrected chi connectivity index (χ0v) is 20.9. The fourth-order valence-corrected chi connectivity index (χ4v) is 4.52. The summed E-state index contributed by atoms with van der Waals surface area (Å²) in [5.74, 6) is -2.87. The highest BCUT2D eigenvalue weighted by atomic mass is 19.4. The van der Waals surface area contributed by atoms with Gasteiger partial charge in [0.05, 0.1) is 44.4 Å². The number of ether oxygens (including phenoxy) is 1. The van der Waals surface area contributed by atoms with Crippen molar-refractivity contribution in [2.45, 2.75) is 50.0 Å². The molecule has 4 rings (SSSR count). The normalized spacial score (nSPS) is 19.4. The maximum Gasteiger partial charge on any atom is 0.423 e. The van der Waals surface area contributed by atoms with Crippen molar-refractivity contribution in [1.29, 1.82) is 0 Å². The molecule has 3 heterocycles. The molecule has 2 aromatic heterocycles. The average Bonchev–Trinajstić information content (AvgIpc) is 2.84. The first-order chi connectivity index (χ1) is 18.3. The topological polar surface area (TPSA) is 116 Å². The first kappa shape index (κ1) is 28.6. The number of anilines is 2. The Morgan fingerprint density at radius 1 is 1.13 bits per heavy atom. The van der Waals surface area contributed by atoms with E-state index in [2.05, 4.69) is 20.4 Å². The van der Waals surface area contributed by atoms with Crippen LogP contribution >= 0.6 is 0 Å². The Balaban J connectivity index is 1.17. The third-order valence-corrected chi connectivity index (χ3v) is 6.52. The Morgan fingerprint density at radius 2 is 1.77 bits per heavy atom. The van der Waals surface area contributed by atoms with E-state index in [0.717, 1.165) is 6.20 Å². The van der Waals surface area contributed by atoms with E-state index in [9.17, 15) is 35.9 Å². The molecule has 2 fully saturated rings. The van der Waals surface area contributed by atoms with Crippen LogP contribution in [0.25, 0.3) is 0 Å². The van der Waals surface area contributed by atoms with Crippen molar-refractivity contribution < 1.29 is 35.9 Å². The lowest BCUT2D eigenvalue weighted by Crippen LogP contribution is -2.49. The highest BCUT2D eigenvalue weighted by Gasteiger charge is 2.58. The van der Waals surface area contributed by atoms with Gasteiger partial charge in [-0.1, -0.05) is 0 Å². The van der Waals surface area contributed by atoms with Crippen molar-refractivity contribution in [2.75, 3.05) is 49.6 Å². The first-order valence-electron chi connectivity index (χ1n) is 12.2. The van der Waals surface area contributed by atoms with Gasteiger partial charge in [0.25, 0.3) is 11.5 Å². The molecule has 39 heavy (non-hydrogen) atoms. The fourth-order valence-electron chi connectivity index (χ4n) is 4.52. The van der Waals surface area contributed by atoms with Crippen molar-refractivity contribution in [1.82, 2.24) is 25.1 Å². The quantitative estimate of drug-likeness (QED) is 0.354. The van der Waals surface area contributed by atoms with E-state index in [0.29, 0.717) is 32.1 Å². The minimum absolute atomic E-state index is 0.0176. The summed E-state index contributed by atoms with van der Waals surface area (Å²) in [7, 11) is 0. The SMILES string of the molecule is CC(COCCC(=O)N1CCN(c2ncc(C3(F)CC(F)(F)C3)cn2)CC1)Nc1cn[nH]c(=O)c1C(F)(F)F. The molecular formula is C23H27F6N7O3. The van der Waals surface area contributed by atoms with E-state index >= 15 is 0 Å². The van der Waals surface area contributed by atoms with Crippen LogP contribution in [0.2, 0.25) is 0 Å². The Bertz CT molecular complexity index is 1210. The molecule has 0 aromatic carbocycles. The smallest absolute Gasteiger partial charge is 0.379 e. The number of aromatic amines is 1. The molecule has 1 atom stereocenters. The Labute approximate surface area is 218 Å². The van der Waals surface area contributed by atoms with Gasteiger partial charge < -0.3 is 19.9 Å². The average molecular weight is 564 g/mol. The molecule has 0 spiro atoms. The van der Waals surface area contributed by atoms with Crippen LogP contribution in [0, 0.1) is 0 Å². The van der Waals surface area contributed by atoms with Crippen molar-refractivity contribution in [2.24, 2.45) is 0 Å². The minimum Gasteiger partial charge on any atom is -0.379 e. The summed E-state index contributed by atoms with van der Waals surface area (Å²) in [5, 5.41) is 7.70. The number of alkyl halides is 6. The van der Waals surface area contributed by atoms with Crippen molar-refractivity contribution in [3.05, 3.63) is 40.1 Å². The van der Waals surface area contributed by atoms with Crippen LogP contribution in [0.4, 0.5) is 38.0 Å². The molecule has 1 aliphatic carbocycles. The zero-order valence-electron chi connectivity index (χ0n) is 20.9. The standard InChI is InChI=1S/C23H27F6N7O3/c1-14(33-16-10-32-34-19(38)18(16)23(27,28)29)11-39-7-2-17(37)35-3-5-36(6-4-35)20-30-8-15(9-31-20)21(24)12-22(25,26)13-21/h8-10,14H,2-7,11-13H2,1H3,(H2,33,34,38). The second kappa shape index (κ2) is 11.0.